The summed E-state index contributed by atoms with van der Waals surface area (Å²) in [5, 5.41) is 9.34. The highest BCUT2D eigenvalue weighted by atomic mass is 16.3. The summed E-state index contributed by atoms with van der Waals surface area (Å²) < 4.78 is 11.3. The molecule has 2 N–H and O–H groups in total. The highest BCUT2D eigenvalue weighted by molar-refractivity contribution is 5.81. The Morgan fingerprint density at radius 3 is 1.56 bits per heavy atom. The summed E-state index contributed by atoms with van der Waals surface area (Å²) in [4.78, 5) is 0. The van der Waals surface area contributed by atoms with Crippen LogP contribution in [0.4, 0.5) is 0 Å². The molecule has 0 aliphatic carbocycles. The summed E-state index contributed by atoms with van der Waals surface area (Å²) in [5.74, 6) is 2.64. The van der Waals surface area contributed by atoms with E-state index in [1.165, 1.54) is 34.7 Å². The van der Waals surface area contributed by atoms with Gasteiger partial charge in [-0.1, -0.05) is 50.2 Å². The predicted molar refractivity (Wildman–Crippen MR) is 131 cm³/mol. The van der Waals surface area contributed by atoms with E-state index in [1.807, 2.05) is 12.1 Å². The number of furan rings is 2. The molecule has 168 valence electrons. The Morgan fingerprint density at radius 1 is 0.656 bits per heavy atom. The molecule has 4 heteroatoms. The number of benzene rings is 2. The van der Waals surface area contributed by atoms with Crippen molar-refractivity contribution in [1.82, 2.24) is 10.6 Å². The van der Waals surface area contributed by atoms with E-state index < -0.39 is 0 Å². The first kappa shape index (κ1) is 21.3. The van der Waals surface area contributed by atoms with Gasteiger partial charge in [0.1, 0.15) is 11.2 Å². The van der Waals surface area contributed by atoms with Crippen LogP contribution < -0.4 is 10.6 Å². The van der Waals surface area contributed by atoms with Gasteiger partial charge in [-0.05, 0) is 86.0 Å². The summed E-state index contributed by atoms with van der Waals surface area (Å²) in [5.41, 5.74) is 4.94. The lowest BCUT2D eigenvalue weighted by Gasteiger charge is -2.29. The summed E-state index contributed by atoms with van der Waals surface area (Å²) in [6.45, 7) is 9.10. The Morgan fingerprint density at radius 2 is 1.12 bits per heavy atom. The van der Waals surface area contributed by atoms with Crippen molar-refractivity contribution in [3.05, 3.63) is 72.2 Å². The number of hydrogen-bond acceptors (Lipinski definition) is 4. The van der Waals surface area contributed by atoms with Crippen LogP contribution >= 0.6 is 0 Å². The van der Waals surface area contributed by atoms with Crippen LogP contribution in [0.5, 0.6) is 0 Å². The van der Waals surface area contributed by atoms with Gasteiger partial charge >= 0.3 is 0 Å². The maximum absolute atomic E-state index is 5.63. The zero-order chi connectivity index (χ0) is 21.9. The molecule has 4 nitrogen and oxygen atoms in total. The molecule has 0 radical (unpaired) electrons. The molecule has 4 atom stereocenters. The SMILES string of the molecule is C[C@@H]1CNCC[C@@H]1c1cccc2ccoc12.C[C@@H]1CNCC[C@H]1c1cccc2ccoc12. The summed E-state index contributed by atoms with van der Waals surface area (Å²) in [7, 11) is 0. The average Bonchev–Trinajstić information content (AvgIpc) is 3.50. The molecule has 0 spiro atoms. The molecule has 4 aromatic rings. The minimum Gasteiger partial charge on any atom is -0.464 e. The predicted octanol–water partition coefficient (Wildman–Crippen LogP) is 6.29. The number of para-hydroxylation sites is 2. The lowest BCUT2D eigenvalue weighted by molar-refractivity contribution is 0.349. The summed E-state index contributed by atoms with van der Waals surface area (Å²) in [6.07, 6.45) is 6.00. The second kappa shape index (κ2) is 9.51. The molecule has 2 aromatic heterocycles. The summed E-state index contributed by atoms with van der Waals surface area (Å²) in [6, 6.07) is 17.1. The van der Waals surface area contributed by atoms with E-state index in [0.29, 0.717) is 23.7 Å². The fourth-order valence-electron chi connectivity index (χ4n) is 5.57. The molecule has 2 fully saturated rings. The van der Waals surface area contributed by atoms with Gasteiger partial charge in [0.25, 0.3) is 0 Å². The highest BCUT2D eigenvalue weighted by Gasteiger charge is 2.26. The van der Waals surface area contributed by atoms with E-state index in [9.17, 15) is 0 Å². The van der Waals surface area contributed by atoms with Crippen LogP contribution in [0, 0.1) is 11.8 Å². The third kappa shape index (κ3) is 4.22. The lowest BCUT2D eigenvalue weighted by atomic mass is 9.82. The van der Waals surface area contributed by atoms with Gasteiger partial charge in [-0.2, -0.15) is 0 Å². The molecule has 4 heterocycles. The Bertz CT molecular complexity index is 1070. The maximum Gasteiger partial charge on any atom is 0.137 e. The molecule has 2 saturated heterocycles. The van der Waals surface area contributed by atoms with Crippen LogP contribution in [0.2, 0.25) is 0 Å². The first-order valence-electron chi connectivity index (χ1n) is 12.1. The second-order valence-electron chi connectivity index (χ2n) is 9.53. The maximum atomic E-state index is 5.63. The minimum absolute atomic E-state index is 0.635. The fourth-order valence-corrected chi connectivity index (χ4v) is 5.57. The third-order valence-electron chi connectivity index (χ3n) is 7.39. The van der Waals surface area contributed by atoms with Gasteiger partial charge in [-0.15, -0.1) is 0 Å². The van der Waals surface area contributed by atoms with Crippen molar-refractivity contribution in [2.24, 2.45) is 11.8 Å². The zero-order valence-electron chi connectivity index (χ0n) is 19.1. The van der Waals surface area contributed by atoms with Crippen LogP contribution in [0.1, 0.15) is 49.7 Å². The first-order chi connectivity index (χ1) is 15.7. The molecule has 0 unspecified atom stereocenters. The van der Waals surface area contributed by atoms with Crippen molar-refractivity contribution < 1.29 is 8.83 Å². The van der Waals surface area contributed by atoms with E-state index in [0.717, 1.165) is 37.3 Å². The van der Waals surface area contributed by atoms with Crippen molar-refractivity contribution in [3.63, 3.8) is 0 Å². The van der Waals surface area contributed by atoms with Gasteiger partial charge in [-0.3, -0.25) is 0 Å². The van der Waals surface area contributed by atoms with E-state index in [1.54, 1.807) is 12.5 Å². The van der Waals surface area contributed by atoms with Gasteiger partial charge in [0.2, 0.25) is 0 Å². The van der Waals surface area contributed by atoms with Crippen LogP contribution in [0.3, 0.4) is 0 Å². The van der Waals surface area contributed by atoms with Gasteiger partial charge in [0, 0.05) is 10.8 Å². The standard InChI is InChI=1S/2C14H17NO/c2*1-10-9-15-7-5-12(10)13-4-2-3-11-6-8-16-14(11)13/h2*2-4,6,8,10,12,15H,5,7,9H2,1H3/t10-,12+;10-,12-/m11/s1. The highest BCUT2D eigenvalue weighted by Crippen LogP contribution is 2.36. The number of rotatable bonds is 2. The van der Waals surface area contributed by atoms with Crippen molar-refractivity contribution in [3.8, 4) is 0 Å². The second-order valence-corrected chi connectivity index (χ2v) is 9.53. The van der Waals surface area contributed by atoms with E-state index in [4.69, 9.17) is 8.83 Å². The van der Waals surface area contributed by atoms with Crippen LogP contribution in [0.15, 0.2) is 69.9 Å². The van der Waals surface area contributed by atoms with Crippen molar-refractivity contribution in [1.29, 1.82) is 0 Å². The largest absolute Gasteiger partial charge is 0.464 e. The molecule has 2 aliphatic heterocycles. The normalized spacial score (nSPS) is 26.1. The number of hydrogen-bond donors (Lipinski definition) is 2. The van der Waals surface area contributed by atoms with Crippen molar-refractivity contribution in [2.45, 2.75) is 38.5 Å². The molecule has 2 aliphatic rings. The third-order valence-corrected chi connectivity index (χ3v) is 7.39. The number of nitrogens with one attached hydrogen (secondary N) is 2. The molecule has 0 amide bonds. The van der Waals surface area contributed by atoms with Crippen LogP contribution in [0.25, 0.3) is 21.9 Å². The Labute approximate surface area is 190 Å². The van der Waals surface area contributed by atoms with Crippen LogP contribution in [-0.4, -0.2) is 26.2 Å². The molecule has 32 heavy (non-hydrogen) atoms. The molecule has 6 rings (SSSR count). The molecular weight excluding hydrogens is 396 g/mol. The smallest absolute Gasteiger partial charge is 0.137 e. The summed E-state index contributed by atoms with van der Waals surface area (Å²) >= 11 is 0. The molecular formula is C28H34N2O2. The monoisotopic (exact) mass is 430 g/mol. The fraction of sp³-hybridized carbons (Fsp3) is 0.429. The molecule has 0 bridgehead atoms. The molecule has 0 saturated carbocycles. The van der Waals surface area contributed by atoms with Gasteiger partial charge in [0.15, 0.2) is 0 Å². The van der Waals surface area contributed by atoms with Crippen molar-refractivity contribution >= 4 is 21.9 Å². The van der Waals surface area contributed by atoms with E-state index in [2.05, 4.69) is 60.9 Å². The number of piperidine rings is 2. The van der Waals surface area contributed by atoms with E-state index >= 15 is 0 Å². The average molecular weight is 431 g/mol. The van der Waals surface area contributed by atoms with Gasteiger partial charge < -0.3 is 19.5 Å². The van der Waals surface area contributed by atoms with Crippen molar-refractivity contribution in [2.75, 3.05) is 26.2 Å². The lowest BCUT2D eigenvalue weighted by Crippen LogP contribution is -2.33. The van der Waals surface area contributed by atoms with Gasteiger partial charge in [0.05, 0.1) is 12.5 Å². The van der Waals surface area contributed by atoms with Gasteiger partial charge in [-0.25, -0.2) is 0 Å². The van der Waals surface area contributed by atoms with E-state index in [-0.39, 0.29) is 0 Å². The topological polar surface area (TPSA) is 50.3 Å². The molecule has 2 aromatic carbocycles. The number of fused-ring (bicyclic) bond motifs is 2. The zero-order valence-corrected chi connectivity index (χ0v) is 19.1. The Kier molecular flexibility index (Phi) is 6.33. The quantitative estimate of drug-likeness (QED) is 0.392. The Hall–Kier alpha value is -2.56. The minimum atomic E-state index is 0.635. The Balaban J connectivity index is 0.000000135. The first-order valence-corrected chi connectivity index (χ1v) is 12.1. The van der Waals surface area contributed by atoms with Crippen LogP contribution in [-0.2, 0) is 0 Å².